The minimum Gasteiger partial charge on any atom is -0.372 e. The summed E-state index contributed by atoms with van der Waals surface area (Å²) >= 11 is 3.47. The molecule has 0 saturated carbocycles. The number of aromatic nitrogens is 2. The third kappa shape index (κ3) is 3.20. The van der Waals surface area contributed by atoms with E-state index in [1.165, 1.54) is 0 Å². The van der Waals surface area contributed by atoms with E-state index < -0.39 is 0 Å². The highest BCUT2D eigenvalue weighted by molar-refractivity contribution is 9.10. The quantitative estimate of drug-likeness (QED) is 0.787. The second-order valence-corrected chi connectivity index (χ2v) is 6.04. The largest absolute Gasteiger partial charge is 0.372 e. The Kier molecular flexibility index (Phi) is 4.22. The van der Waals surface area contributed by atoms with Crippen molar-refractivity contribution < 1.29 is 4.74 Å². The zero-order chi connectivity index (χ0) is 13.3. The van der Waals surface area contributed by atoms with Crippen LogP contribution in [0, 0.1) is 0 Å². The van der Waals surface area contributed by atoms with Gasteiger partial charge in [-0.25, -0.2) is 9.97 Å². The van der Waals surface area contributed by atoms with Crippen molar-refractivity contribution in [2.75, 3.05) is 18.0 Å². The molecule has 0 aromatic carbocycles. The molecule has 1 aromatic rings. The lowest BCUT2D eigenvalue weighted by Gasteiger charge is -2.36. The molecule has 100 valence electrons. The zero-order valence-corrected chi connectivity index (χ0v) is 12.9. The van der Waals surface area contributed by atoms with Crippen molar-refractivity contribution in [3.8, 4) is 0 Å². The maximum absolute atomic E-state index is 5.75. The van der Waals surface area contributed by atoms with Crippen LogP contribution in [0.25, 0.3) is 0 Å². The van der Waals surface area contributed by atoms with E-state index in [4.69, 9.17) is 4.74 Å². The van der Waals surface area contributed by atoms with Crippen LogP contribution < -0.4 is 4.90 Å². The van der Waals surface area contributed by atoms with Gasteiger partial charge in [0.05, 0.1) is 12.2 Å². The zero-order valence-electron chi connectivity index (χ0n) is 11.4. The number of ether oxygens (including phenoxy) is 1. The molecule has 18 heavy (non-hydrogen) atoms. The van der Waals surface area contributed by atoms with E-state index in [1.54, 1.807) is 0 Å². The minimum atomic E-state index is 0.241. The lowest BCUT2D eigenvalue weighted by molar-refractivity contribution is -0.00548. The fourth-order valence-corrected chi connectivity index (χ4v) is 2.59. The number of hydrogen-bond donors (Lipinski definition) is 0. The summed E-state index contributed by atoms with van der Waals surface area (Å²) in [4.78, 5) is 11.3. The van der Waals surface area contributed by atoms with Gasteiger partial charge in [0.25, 0.3) is 0 Å². The Labute approximate surface area is 117 Å². The normalized spacial score (nSPS) is 24.7. The van der Waals surface area contributed by atoms with E-state index >= 15 is 0 Å². The molecule has 4 nitrogen and oxygen atoms in total. The molecule has 5 heteroatoms. The van der Waals surface area contributed by atoms with Crippen LogP contribution in [0.3, 0.4) is 0 Å². The molecule has 0 spiro atoms. The molecule has 1 aliphatic rings. The summed E-state index contributed by atoms with van der Waals surface area (Å²) in [5, 5.41) is 0. The summed E-state index contributed by atoms with van der Waals surface area (Å²) in [5.74, 6) is 2.20. The predicted octanol–water partition coefficient (Wildman–Crippen LogP) is 2.98. The topological polar surface area (TPSA) is 38.2 Å². The summed E-state index contributed by atoms with van der Waals surface area (Å²) in [6, 6.07) is 1.98. The van der Waals surface area contributed by atoms with Gasteiger partial charge in [0, 0.05) is 25.1 Å². The molecule has 0 radical (unpaired) electrons. The van der Waals surface area contributed by atoms with Crippen molar-refractivity contribution in [3.63, 3.8) is 0 Å². The van der Waals surface area contributed by atoms with Crippen LogP contribution in [0.1, 0.15) is 39.4 Å². The molecule has 2 atom stereocenters. The van der Waals surface area contributed by atoms with E-state index in [1.807, 2.05) is 6.07 Å². The number of hydrogen-bond acceptors (Lipinski definition) is 4. The Balaban J connectivity index is 2.26. The lowest BCUT2D eigenvalue weighted by atomic mass is 10.2. The summed E-state index contributed by atoms with van der Waals surface area (Å²) in [7, 11) is 0. The second kappa shape index (κ2) is 5.53. The number of halogens is 1. The number of nitrogens with zero attached hydrogens (tertiary/aromatic N) is 3. The average Bonchev–Trinajstić information content (AvgIpc) is 2.26. The van der Waals surface area contributed by atoms with Crippen LogP contribution in [0.15, 0.2) is 10.7 Å². The fraction of sp³-hybridized carbons (Fsp3) is 0.692. The molecular weight excluding hydrogens is 294 g/mol. The smallest absolute Gasteiger partial charge is 0.134 e. The first-order valence-electron chi connectivity index (χ1n) is 6.40. The summed E-state index contributed by atoms with van der Waals surface area (Å²) in [6.45, 7) is 10.2. The minimum absolute atomic E-state index is 0.241. The van der Waals surface area contributed by atoms with Crippen molar-refractivity contribution in [1.29, 1.82) is 0 Å². The molecule has 0 bridgehead atoms. The van der Waals surface area contributed by atoms with Gasteiger partial charge >= 0.3 is 0 Å². The van der Waals surface area contributed by atoms with E-state index in [2.05, 4.69) is 58.5 Å². The van der Waals surface area contributed by atoms with Crippen LogP contribution in [0.2, 0.25) is 0 Å². The Morgan fingerprint density at radius 3 is 2.44 bits per heavy atom. The molecule has 0 amide bonds. The summed E-state index contributed by atoms with van der Waals surface area (Å²) in [5.41, 5.74) is 0. The standard InChI is InChI=1S/C13H20BrN3O/c1-8(2)13-15-11(14)5-12(16-13)17-6-9(3)18-10(4)7-17/h5,8-10H,6-7H2,1-4H3/t9-,10+. The molecule has 1 saturated heterocycles. The van der Waals surface area contributed by atoms with Gasteiger partial charge in [-0.05, 0) is 29.8 Å². The highest BCUT2D eigenvalue weighted by atomic mass is 79.9. The second-order valence-electron chi connectivity index (χ2n) is 5.22. The van der Waals surface area contributed by atoms with Crippen LogP contribution in [0.5, 0.6) is 0 Å². The average molecular weight is 314 g/mol. The molecule has 1 aromatic heterocycles. The Morgan fingerprint density at radius 2 is 1.89 bits per heavy atom. The Hall–Kier alpha value is -0.680. The van der Waals surface area contributed by atoms with Crippen LogP contribution in [-0.2, 0) is 4.74 Å². The first kappa shape index (κ1) is 13.7. The number of anilines is 1. The Bertz CT molecular complexity index is 415. The SMILES string of the molecule is CC(C)c1nc(Br)cc(N2C[C@@H](C)O[C@@H](C)C2)n1. The van der Waals surface area contributed by atoms with Crippen molar-refractivity contribution >= 4 is 21.7 Å². The van der Waals surface area contributed by atoms with E-state index in [9.17, 15) is 0 Å². The third-order valence-electron chi connectivity index (χ3n) is 2.96. The van der Waals surface area contributed by atoms with Gasteiger partial charge in [-0.1, -0.05) is 13.8 Å². The molecule has 0 aliphatic carbocycles. The van der Waals surface area contributed by atoms with Gasteiger partial charge in [0.1, 0.15) is 16.2 Å². The molecule has 1 aliphatic heterocycles. The van der Waals surface area contributed by atoms with Gasteiger partial charge in [-0.2, -0.15) is 0 Å². The van der Waals surface area contributed by atoms with E-state index in [0.29, 0.717) is 5.92 Å². The van der Waals surface area contributed by atoms with Crippen LogP contribution in [0.4, 0.5) is 5.82 Å². The lowest BCUT2D eigenvalue weighted by Crippen LogP contribution is -2.46. The molecular formula is C13H20BrN3O. The van der Waals surface area contributed by atoms with Crippen molar-refractivity contribution in [3.05, 3.63) is 16.5 Å². The van der Waals surface area contributed by atoms with Crippen LogP contribution in [-0.4, -0.2) is 35.3 Å². The monoisotopic (exact) mass is 313 g/mol. The highest BCUT2D eigenvalue weighted by Crippen LogP contribution is 2.23. The van der Waals surface area contributed by atoms with Crippen molar-refractivity contribution in [2.45, 2.75) is 45.8 Å². The van der Waals surface area contributed by atoms with Gasteiger partial charge in [0.2, 0.25) is 0 Å². The van der Waals surface area contributed by atoms with Gasteiger partial charge < -0.3 is 9.64 Å². The maximum atomic E-state index is 5.75. The third-order valence-corrected chi connectivity index (χ3v) is 3.36. The van der Waals surface area contributed by atoms with Gasteiger partial charge in [0.15, 0.2) is 0 Å². The first-order chi connectivity index (χ1) is 8.45. The summed E-state index contributed by atoms with van der Waals surface area (Å²) in [6.07, 6.45) is 0.481. The number of morpholine rings is 1. The number of rotatable bonds is 2. The van der Waals surface area contributed by atoms with Crippen molar-refractivity contribution in [2.24, 2.45) is 0 Å². The van der Waals surface area contributed by atoms with Crippen LogP contribution >= 0.6 is 15.9 Å². The maximum Gasteiger partial charge on any atom is 0.134 e. The molecule has 1 fully saturated rings. The van der Waals surface area contributed by atoms with E-state index in [-0.39, 0.29) is 12.2 Å². The highest BCUT2D eigenvalue weighted by Gasteiger charge is 2.24. The Morgan fingerprint density at radius 1 is 1.28 bits per heavy atom. The predicted molar refractivity (Wildman–Crippen MR) is 76.0 cm³/mol. The first-order valence-corrected chi connectivity index (χ1v) is 7.20. The molecule has 0 N–H and O–H groups in total. The fourth-order valence-electron chi connectivity index (χ4n) is 2.21. The van der Waals surface area contributed by atoms with Gasteiger partial charge in [-0.3, -0.25) is 0 Å². The summed E-state index contributed by atoms with van der Waals surface area (Å²) < 4.78 is 6.60. The van der Waals surface area contributed by atoms with Crippen molar-refractivity contribution in [1.82, 2.24) is 9.97 Å². The van der Waals surface area contributed by atoms with Gasteiger partial charge in [-0.15, -0.1) is 0 Å². The van der Waals surface area contributed by atoms with E-state index in [0.717, 1.165) is 29.3 Å². The molecule has 2 heterocycles. The molecule has 0 unspecified atom stereocenters. The molecule has 2 rings (SSSR count).